The molecule has 0 atom stereocenters. The zero-order valence-electron chi connectivity index (χ0n) is 10.6. The molecule has 8 nitrogen and oxygen atoms in total. The van der Waals surface area contributed by atoms with Crippen molar-refractivity contribution in [3.05, 3.63) is 47.7 Å². The summed E-state index contributed by atoms with van der Waals surface area (Å²) in [6.45, 7) is 0. The van der Waals surface area contributed by atoms with Crippen molar-refractivity contribution in [1.82, 2.24) is 20.4 Å². The zero-order valence-corrected chi connectivity index (χ0v) is 10.6. The lowest BCUT2D eigenvalue weighted by Crippen LogP contribution is -2.13. The van der Waals surface area contributed by atoms with Crippen LogP contribution in [0, 0.1) is 0 Å². The lowest BCUT2D eigenvalue weighted by atomic mass is 10.2. The molecule has 0 spiro atoms. The summed E-state index contributed by atoms with van der Waals surface area (Å²) in [6.07, 6.45) is 1.18. The highest BCUT2D eigenvalue weighted by Crippen LogP contribution is 2.12. The number of aromatic carboxylic acids is 1. The summed E-state index contributed by atoms with van der Waals surface area (Å²) in [5.41, 5.74) is 1.70. The Balaban J connectivity index is 1.80. The second-order valence-electron chi connectivity index (χ2n) is 4.22. The van der Waals surface area contributed by atoms with E-state index in [9.17, 15) is 9.59 Å². The van der Waals surface area contributed by atoms with Gasteiger partial charge >= 0.3 is 5.97 Å². The summed E-state index contributed by atoms with van der Waals surface area (Å²) in [4.78, 5) is 26.7. The van der Waals surface area contributed by atoms with E-state index in [1.54, 1.807) is 18.2 Å². The number of hydrogen-bond donors (Lipinski definition) is 3. The second kappa shape index (κ2) is 5.00. The molecule has 1 amide bonds. The molecule has 3 aromatic rings. The minimum absolute atomic E-state index is 0.0528. The average molecular weight is 283 g/mol. The van der Waals surface area contributed by atoms with Crippen LogP contribution in [0.2, 0.25) is 0 Å². The largest absolute Gasteiger partial charge is 0.478 e. The quantitative estimate of drug-likeness (QED) is 0.666. The molecule has 0 radical (unpaired) electrons. The van der Waals surface area contributed by atoms with Crippen molar-refractivity contribution in [2.75, 3.05) is 5.32 Å². The molecule has 21 heavy (non-hydrogen) atoms. The molecule has 0 aliphatic rings. The first-order chi connectivity index (χ1) is 10.1. The Hall–Kier alpha value is -3.29. The van der Waals surface area contributed by atoms with Crippen molar-refractivity contribution >= 4 is 28.7 Å². The molecule has 3 N–H and O–H groups in total. The molecule has 0 unspecified atom stereocenters. The first-order valence-electron chi connectivity index (χ1n) is 5.95. The first-order valence-corrected chi connectivity index (χ1v) is 5.95. The first kappa shape index (κ1) is 12.7. The minimum Gasteiger partial charge on any atom is -0.478 e. The molecule has 0 aliphatic heterocycles. The van der Waals surface area contributed by atoms with Crippen LogP contribution >= 0.6 is 0 Å². The van der Waals surface area contributed by atoms with Gasteiger partial charge < -0.3 is 10.4 Å². The number of nitrogens with zero attached hydrogens (tertiary/aromatic N) is 3. The highest BCUT2D eigenvalue weighted by Gasteiger charge is 2.10. The van der Waals surface area contributed by atoms with Gasteiger partial charge in [-0.05, 0) is 30.3 Å². The van der Waals surface area contributed by atoms with Crippen LogP contribution in [0.25, 0.3) is 11.0 Å². The SMILES string of the molecule is O=C(O)c1ccc(NC(=O)c2ccc3n[nH]nc3c2)nc1. The second-order valence-corrected chi connectivity index (χ2v) is 4.22. The van der Waals surface area contributed by atoms with Crippen LogP contribution in [0.3, 0.4) is 0 Å². The molecule has 2 aromatic heterocycles. The van der Waals surface area contributed by atoms with Gasteiger partial charge in [0.25, 0.3) is 5.91 Å². The van der Waals surface area contributed by atoms with E-state index in [2.05, 4.69) is 25.7 Å². The van der Waals surface area contributed by atoms with E-state index in [-0.39, 0.29) is 17.3 Å². The fraction of sp³-hybridized carbons (Fsp3) is 0. The number of carbonyl (C=O) groups is 2. The van der Waals surface area contributed by atoms with Gasteiger partial charge in [0.2, 0.25) is 0 Å². The number of pyridine rings is 1. The topological polar surface area (TPSA) is 121 Å². The van der Waals surface area contributed by atoms with Gasteiger partial charge in [-0.15, -0.1) is 0 Å². The van der Waals surface area contributed by atoms with Crippen molar-refractivity contribution in [1.29, 1.82) is 0 Å². The van der Waals surface area contributed by atoms with Crippen molar-refractivity contribution in [3.8, 4) is 0 Å². The van der Waals surface area contributed by atoms with Crippen LogP contribution in [0.15, 0.2) is 36.5 Å². The number of rotatable bonds is 3. The molecule has 2 heterocycles. The summed E-state index contributed by atoms with van der Waals surface area (Å²) >= 11 is 0. The van der Waals surface area contributed by atoms with Gasteiger partial charge in [0.05, 0.1) is 5.56 Å². The Morgan fingerprint density at radius 1 is 1.05 bits per heavy atom. The lowest BCUT2D eigenvalue weighted by molar-refractivity contribution is 0.0696. The molecule has 0 aliphatic carbocycles. The summed E-state index contributed by atoms with van der Waals surface area (Å²) in [7, 11) is 0. The zero-order chi connectivity index (χ0) is 14.8. The number of nitrogens with one attached hydrogen (secondary N) is 2. The van der Waals surface area contributed by atoms with Crippen molar-refractivity contribution in [2.45, 2.75) is 0 Å². The van der Waals surface area contributed by atoms with Crippen molar-refractivity contribution in [2.24, 2.45) is 0 Å². The van der Waals surface area contributed by atoms with Crippen molar-refractivity contribution in [3.63, 3.8) is 0 Å². The molecular formula is C13H9N5O3. The van der Waals surface area contributed by atoms with E-state index < -0.39 is 5.97 Å². The van der Waals surface area contributed by atoms with E-state index in [1.165, 1.54) is 18.3 Å². The van der Waals surface area contributed by atoms with E-state index in [0.717, 1.165) is 0 Å². The van der Waals surface area contributed by atoms with Crippen LogP contribution in [-0.4, -0.2) is 37.4 Å². The number of carboxylic acid groups (broad SMARTS) is 1. The number of H-pyrrole nitrogens is 1. The Labute approximate surface area is 117 Å². The maximum Gasteiger partial charge on any atom is 0.337 e. The maximum atomic E-state index is 12.1. The number of benzene rings is 1. The van der Waals surface area contributed by atoms with Gasteiger partial charge in [0.1, 0.15) is 16.9 Å². The third-order valence-electron chi connectivity index (χ3n) is 2.83. The molecule has 3 rings (SSSR count). The van der Waals surface area contributed by atoms with Gasteiger partial charge in [-0.3, -0.25) is 4.79 Å². The minimum atomic E-state index is -1.07. The monoisotopic (exact) mass is 283 g/mol. The fourth-order valence-corrected chi connectivity index (χ4v) is 1.76. The van der Waals surface area contributed by atoms with Crippen LogP contribution in [0.1, 0.15) is 20.7 Å². The summed E-state index contributed by atoms with van der Waals surface area (Å²) in [5.74, 6) is -1.17. The lowest BCUT2D eigenvalue weighted by Gasteiger charge is -2.04. The predicted molar refractivity (Wildman–Crippen MR) is 73.0 cm³/mol. The fourth-order valence-electron chi connectivity index (χ4n) is 1.76. The number of aromatic nitrogens is 4. The highest BCUT2D eigenvalue weighted by molar-refractivity contribution is 6.05. The standard InChI is InChI=1S/C13H9N5O3/c19-12(7-1-3-9-10(5-7)17-18-16-9)15-11-4-2-8(6-14-11)13(20)21/h1-6H,(H,20,21)(H,14,15,19)(H,16,17,18). The number of aromatic amines is 1. The summed E-state index contributed by atoms with van der Waals surface area (Å²) < 4.78 is 0. The van der Waals surface area contributed by atoms with Crippen LogP contribution < -0.4 is 5.32 Å². The van der Waals surface area contributed by atoms with Crippen LogP contribution in [0.5, 0.6) is 0 Å². The number of hydrogen-bond acceptors (Lipinski definition) is 5. The van der Waals surface area contributed by atoms with E-state index in [0.29, 0.717) is 16.6 Å². The van der Waals surface area contributed by atoms with E-state index >= 15 is 0 Å². The number of fused-ring (bicyclic) bond motifs is 1. The Bertz CT molecular complexity index is 825. The Morgan fingerprint density at radius 2 is 1.81 bits per heavy atom. The molecule has 1 aromatic carbocycles. The van der Waals surface area contributed by atoms with Crippen molar-refractivity contribution < 1.29 is 14.7 Å². The third kappa shape index (κ3) is 2.54. The average Bonchev–Trinajstić information content (AvgIpc) is 2.95. The molecule has 0 saturated heterocycles. The maximum absolute atomic E-state index is 12.1. The predicted octanol–water partition coefficient (Wildman–Crippen LogP) is 1.30. The number of carbonyl (C=O) groups excluding carboxylic acids is 1. The van der Waals surface area contributed by atoms with E-state index in [1.807, 2.05) is 0 Å². The normalized spacial score (nSPS) is 10.5. The Morgan fingerprint density at radius 3 is 2.52 bits per heavy atom. The molecule has 104 valence electrons. The van der Waals surface area contributed by atoms with Gasteiger partial charge in [0, 0.05) is 11.8 Å². The van der Waals surface area contributed by atoms with Gasteiger partial charge in [-0.25, -0.2) is 9.78 Å². The van der Waals surface area contributed by atoms with Gasteiger partial charge in [0.15, 0.2) is 0 Å². The van der Waals surface area contributed by atoms with Crippen LogP contribution in [-0.2, 0) is 0 Å². The number of amides is 1. The van der Waals surface area contributed by atoms with Crippen LogP contribution in [0.4, 0.5) is 5.82 Å². The Kier molecular flexibility index (Phi) is 3.03. The van der Waals surface area contributed by atoms with Gasteiger partial charge in [-0.1, -0.05) is 0 Å². The summed E-state index contributed by atoms with van der Waals surface area (Å²) in [6, 6.07) is 7.68. The smallest absolute Gasteiger partial charge is 0.337 e. The summed E-state index contributed by atoms with van der Waals surface area (Å²) in [5, 5.41) is 21.6. The molecule has 0 saturated carbocycles. The van der Waals surface area contributed by atoms with Gasteiger partial charge in [-0.2, -0.15) is 15.4 Å². The number of carboxylic acids is 1. The molecule has 0 fully saturated rings. The third-order valence-corrected chi connectivity index (χ3v) is 2.83. The highest BCUT2D eigenvalue weighted by atomic mass is 16.4. The van der Waals surface area contributed by atoms with E-state index in [4.69, 9.17) is 5.11 Å². The number of anilines is 1. The molecule has 0 bridgehead atoms. The molecular weight excluding hydrogens is 274 g/mol. The molecule has 8 heteroatoms.